The van der Waals surface area contributed by atoms with Crippen LogP contribution in [0.15, 0.2) is 30.6 Å². The van der Waals surface area contributed by atoms with E-state index in [1.807, 2.05) is 0 Å². The highest BCUT2D eigenvalue weighted by atomic mass is 19.4. The number of alkyl halides is 3. The van der Waals surface area contributed by atoms with Gasteiger partial charge in [0, 0.05) is 36.5 Å². The molecule has 27 heavy (non-hydrogen) atoms. The van der Waals surface area contributed by atoms with Crippen molar-refractivity contribution in [3.05, 3.63) is 36.2 Å². The molecule has 2 aromatic rings. The Balaban J connectivity index is 1.77. The average Bonchev–Trinajstić information content (AvgIpc) is 2.99. The van der Waals surface area contributed by atoms with Crippen molar-refractivity contribution in [3.63, 3.8) is 0 Å². The Kier molecular flexibility index (Phi) is 4.65. The van der Waals surface area contributed by atoms with Gasteiger partial charge in [-0.1, -0.05) is 27.7 Å². The number of rotatable bonds is 3. The number of urea groups is 1. The molecule has 1 unspecified atom stereocenters. The van der Waals surface area contributed by atoms with E-state index in [1.54, 1.807) is 4.90 Å². The van der Waals surface area contributed by atoms with Crippen molar-refractivity contribution in [1.29, 1.82) is 0 Å². The zero-order valence-electron chi connectivity index (χ0n) is 15.6. The lowest BCUT2D eigenvalue weighted by Crippen LogP contribution is -2.66. The fourth-order valence-corrected chi connectivity index (χ4v) is 3.89. The Bertz CT molecular complexity index is 844. The number of amides is 2. The minimum Gasteiger partial charge on any atom is -0.320 e. The molecule has 146 valence electrons. The molecular formula is C18H22F3N5O. The third kappa shape index (κ3) is 3.63. The van der Waals surface area contributed by atoms with E-state index < -0.39 is 11.7 Å². The van der Waals surface area contributed by atoms with Crippen LogP contribution in [0.4, 0.5) is 23.8 Å². The Labute approximate surface area is 155 Å². The third-order valence-corrected chi connectivity index (χ3v) is 4.74. The highest BCUT2D eigenvalue weighted by Gasteiger charge is 2.49. The monoisotopic (exact) mass is 381 g/mol. The highest BCUT2D eigenvalue weighted by Crippen LogP contribution is 2.41. The van der Waals surface area contributed by atoms with Gasteiger partial charge in [-0.2, -0.15) is 13.2 Å². The molecule has 0 radical (unpaired) electrons. The van der Waals surface area contributed by atoms with E-state index in [4.69, 9.17) is 0 Å². The first-order chi connectivity index (χ1) is 12.5. The molecular weight excluding hydrogens is 359 g/mol. The van der Waals surface area contributed by atoms with Crippen LogP contribution in [0, 0.1) is 11.3 Å². The number of carbonyl (C=O) groups is 1. The highest BCUT2D eigenvalue weighted by molar-refractivity contribution is 5.89. The van der Waals surface area contributed by atoms with E-state index in [1.165, 1.54) is 24.5 Å². The van der Waals surface area contributed by atoms with Gasteiger partial charge < -0.3 is 4.90 Å². The smallest absolute Gasteiger partial charge is 0.320 e. The van der Waals surface area contributed by atoms with Crippen molar-refractivity contribution < 1.29 is 18.0 Å². The van der Waals surface area contributed by atoms with Crippen LogP contribution < -0.4 is 5.32 Å². The van der Waals surface area contributed by atoms with Gasteiger partial charge in [-0.3, -0.25) is 5.32 Å². The number of carbonyl (C=O) groups excluding carboxylic acids is 1. The molecule has 0 spiro atoms. The second-order valence-corrected chi connectivity index (χ2v) is 7.75. The van der Waals surface area contributed by atoms with Crippen LogP contribution in [0.25, 0.3) is 5.82 Å². The molecule has 2 amide bonds. The summed E-state index contributed by atoms with van der Waals surface area (Å²) < 4.78 is 40.4. The van der Waals surface area contributed by atoms with Crippen molar-refractivity contribution in [2.45, 2.75) is 39.9 Å². The molecule has 1 N–H and O–H groups in total. The van der Waals surface area contributed by atoms with E-state index >= 15 is 0 Å². The number of aromatic nitrogens is 3. The number of hydrogen-bond donors (Lipinski definition) is 1. The van der Waals surface area contributed by atoms with Gasteiger partial charge in [0.15, 0.2) is 11.6 Å². The maximum atomic E-state index is 13.1. The molecule has 2 aromatic heterocycles. The molecule has 1 aliphatic rings. The molecule has 0 bridgehead atoms. The van der Waals surface area contributed by atoms with Crippen LogP contribution in [0.2, 0.25) is 0 Å². The molecule has 6 nitrogen and oxygen atoms in total. The lowest BCUT2D eigenvalue weighted by atomic mass is 9.70. The molecule has 1 fully saturated rings. The predicted molar refractivity (Wildman–Crippen MR) is 94.5 cm³/mol. The van der Waals surface area contributed by atoms with Crippen molar-refractivity contribution in [3.8, 4) is 5.82 Å². The zero-order valence-corrected chi connectivity index (χ0v) is 15.6. The number of nitrogens with zero attached hydrogens (tertiary/aromatic N) is 4. The van der Waals surface area contributed by atoms with Gasteiger partial charge in [-0.25, -0.2) is 14.5 Å². The zero-order chi connectivity index (χ0) is 20.0. The first kappa shape index (κ1) is 19.2. The summed E-state index contributed by atoms with van der Waals surface area (Å²) in [5.74, 6) is 0.126. The fourth-order valence-electron chi connectivity index (χ4n) is 3.89. The van der Waals surface area contributed by atoms with Gasteiger partial charge in [-0.05, 0) is 18.1 Å². The molecule has 1 aliphatic heterocycles. The summed E-state index contributed by atoms with van der Waals surface area (Å²) in [4.78, 5) is 18.0. The molecule has 0 saturated carbocycles. The molecule has 1 saturated heterocycles. The number of nitrogens with one attached hydrogen (secondary N) is 1. The topological polar surface area (TPSA) is 63.1 Å². The summed E-state index contributed by atoms with van der Waals surface area (Å²) >= 11 is 0. The summed E-state index contributed by atoms with van der Waals surface area (Å²) in [7, 11) is 0. The van der Waals surface area contributed by atoms with Crippen molar-refractivity contribution in [2.24, 2.45) is 11.3 Å². The largest absolute Gasteiger partial charge is 0.420 e. The van der Waals surface area contributed by atoms with Gasteiger partial charge in [0.1, 0.15) is 5.56 Å². The van der Waals surface area contributed by atoms with Crippen LogP contribution in [0.1, 0.15) is 33.3 Å². The van der Waals surface area contributed by atoms with E-state index in [0.29, 0.717) is 12.5 Å². The van der Waals surface area contributed by atoms with Crippen LogP contribution in [-0.2, 0) is 6.18 Å². The Hall–Kier alpha value is -2.58. The normalized spacial score (nSPS) is 19.1. The first-order valence-electron chi connectivity index (χ1n) is 8.66. The van der Waals surface area contributed by atoms with Crippen LogP contribution in [0.3, 0.4) is 0 Å². The summed E-state index contributed by atoms with van der Waals surface area (Å²) in [6.07, 6.45) is -1.94. The van der Waals surface area contributed by atoms with Gasteiger partial charge in [0.05, 0.1) is 0 Å². The van der Waals surface area contributed by atoms with E-state index in [0.717, 1.165) is 10.7 Å². The van der Waals surface area contributed by atoms with Crippen LogP contribution >= 0.6 is 0 Å². The summed E-state index contributed by atoms with van der Waals surface area (Å²) in [6, 6.07) is 3.39. The van der Waals surface area contributed by atoms with Crippen molar-refractivity contribution in [2.75, 3.05) is 11.9 Å². The second kappa shape index (κ2) is 6.54. The molecule has 0 aromatic carbocycles. The lowest BCUT2D eigenvalue weighted by molar-refractivity contribution is -0.137. The van der Waals surface area contributed by atoms with E-state index in [-0.39, 0.29) is 29.1 Å². The second-order valence-electron chi connectivity index (χ2n) is 7.75. The maximum absolute atomic E-state index is 13.1. The molecule has 0 aliphatic carbocycles. The maximum Gasteiger partial charge on any atom is 0.420 e. The summed E-state index contributed by atoms with van der Waals surface area (Å²) in [6.45, 7) is 8.94. The van der Waals surface area contributed by atoms with Gasteiger partial charge in [-0.15, -0.1) is 5.10 Å². The molecule has 3 rings (SSSR count). The number of hydrogen-bond acceptors (Lipinski definition) is 3. The van der Waals surface area contributed by atoms with Gasteiger partial charge in [0.2, 0.25) is 0 Å². The number of pyridine rings is 1. The van der Waals surface area contributed by atoms with Crippen LogP contribution in [-0.4, -0.2) is 38.3 Å². The third-order valence-electron chi connectivity index (χ3n) is 4.74. The molecule has 9 heteroatoms. The fraction of sp³-hybridized carbons (Fsp3) is 0.500. The van der Waals surface area contributed by atoms with E-state index in [9.17, 15) is 18.0 Å². The summed E-state index contributed by atoms with van der Waals surface area (Å²) in [5.41, 5.74) is -0.865. The van der Waals surface area contributed by atoms with Crippen molar-refractivity contribution in [1.82, 2.24) is 19.7 Å². The Morgan fingerprint density at radius 2 is 2.04 bits per heavy atom. The SMILES string of the molecule is CC(C)C1N(C(=O)Nc2ccn(-c3ncccc3C(F)(F)F)n2)CC1(C)C. The minimum atomic E-state index is -4.55. The van der Waals surface area contributed by atoms with E-state index in [2.05, 4.69) is 43.1 Å². The van der Waals surface area contributed by atoms with Crippen molar-refractivity contribution >= 4 is 11.8 Å². The average molecular weight is 381 g/mol. The number of anilines is 1. The van der Waals surface area contributed by atoms with Gasteiger partial charge in [0.25, 0.3) is 0 Å². The molecule has 3 heterocycles. The number of halogens is 3. The predicted octanol–water partition coefficient (Wildman–Crippen LogP) is 4.18. The number of likely N-dealkylation sites (tertiary alicyclic amines) is 1. The quantitative estimate of drug-likeness (QED) is 0.867. The van der Waals surface area contributed by atoms with Gasteiger partial charge >= 0.3 is 12.2 Å². The summed E-state index contributed by atoms with van der Waals surface area (Å²) in [5, 5.41) is 6.70. The first-order valence-corrected chi connectivity index (χ1v) is 8.66. The standard InChI is InChI=1S/C18H22F3N5O/c1-11(2)14-17(3,4)10-25(14)16(27)23-13-7-9-26(24-13)15-12(18(19,20)21)6-5-8-22-15/h5-9,11,14H,10H2,1-4H3,(H,23,24,27). The Morgan fingerprint density at radius 3 is 2.63 bits per heavy atom. The Morgan fingerprint density at radius 1 is 1.33 bits per heavy atom. The molecule has 1 atom stereocenters. The minimum absolute atomic E-state index is 0.0282. The lowest BCUT2D eigenvalue weighted by Gasteiger charge is -2.56. The van der Waals surface area contributed by atoms with Crippen LogP contribution in [0.5, 0.6) is 0 Å².